The molecule has 0 saturated heterocycles. The summed E-state index contributed by atoms with van der Waals surface area (Å²) in [5.41, 5.74) is 1.53. The summed E-state index contributed by atoms with van der Waals surface area (Å²) in [6, 6.07) is 18.5. The molecule has 5 rings (SSSR count). The summed E-state index contributed by atoms with van der Waals surface area (Å²) in [4.78, 5) is 74.7. The zero-order chi connectivity index (χ0) is 48.9. The lowest BCUT2D eigenvalue weighted by Gasteiger charge is -2.19. The van der Waals surface area contributed by atoms with Gasteiger partial charge in [0, 0.05) is 32.1 Å². The number of ether oxygens (including phenoxy) is 2. The number of ketones is 2. The molecule has 2 heterocycles. The fourth-order valence-corrected chi connectivity index (χ4v) is 8.59. The number of hydrogen-bond donors (Lipinski definition) is 5. The average molecular weight is 982 g/mol. The monoisotopic (exact) mass is 981 g/mol. The third-order valence-corrected chi connectivity index (χ3v) is 12.7. The molecule has 2 amide bonds. The van der Waals surface area contributed by atoms with Gasteiger partial charge in [-0.1, -0.05) is 27.7 Å². The molecule has 0 aliphatic heterocycles. The van der Waals surface area contributed by atoms with Crippen molar-refractivity contribution < 1.29 is 74.8 Å². The Morgan fingerprint density at radius 1 is 0.636 bits per heavy atom. The molecule has 2 aromatic heterocycles. The van der Waals surface area contributed by atoms with Gasteiger partial charge in [0.15, 0.2) is 11.6 Å². The number of carbonyl (C=O) groups excluding carboxylic acids is 4. The molecule has 1 atom stereocenters. The first-order chi connectivity index (χ1) is 31.0. The van der Waals surface area contributed by atoms with Crippen molar-refractivity contribution in [1.82, 2.24) is 0 Å². The molecule has 0 spiro atoms. The minimum Gasteiger partial charge on any atom is -0.481 e. The van der Waals surface area contributed by atoms with Gasteiger partial charge in [-0.3, -0.25) is 28.8 Å². The number of carboxylic acid groups (broad SMARTS) is 2. The number of thiophene rings is 2. The molecular formula is C44H41F6N3O10S3. The molecule has 5 aromatic rings. The van der Waals surface area contributed by atoms with E-state index < -0.39 is 64.8 Å². The Labute approximate surface area is 385 Å². The molecule has 0 saturated carbocycles. The van der Waals surface area contributed by atoms with Crippen molar-refractivity contribution in [2.45, 2.75) is 58.5 Å². The van der Waals surface area contributed by atoms with Gasteiger partial charge in [-0.2, -0.15) is 0 Å². The van der Waals surface area contributed by atoms with Crippen molar-refractivity contribution in [1.29, 1.82) is 0 Å². The first-order valence-electron chi connectivity index (χ1n) is 19.5. The number of anilines is 3. The highest BCUT2D eigenvalue weighted by atomic mass is 32.2. The first kappa shape index (κ1) is 52.2. The van der Waals surface area contributed by atoms with Gasteiger partial charge in [0.05, 0.1) is 22.1 Å². The quantitative estimate of drug-likeness (QED) is 0.0388. The normalized spacial score (nSPS) is 11.7. The Balaban J connectivity index is 0.000000289. The largest absolute Gasteiger partial charge is 0.573 e. The summed E-state index contributed by atoms with van der Waals surface area (Å²) in [5.74, 6) is -5.15. The second-order valence-electron chi connectivity index (χ2n) is 14.1. The Morgan fingerprint density at radius 3 is 1.44 bits per heavy atom. The van der Waals surface area contributed by atoms with Crippen LogP contribution in [0.3, 0.4) is 0 Å². The molecular weight excluding hydrogens is 941 g/mol. The summed E-state index contributed by atoms with van der Waals surface area (Å²) >= 11 is 3.45. The zero-order valence-electron chi connectivity index (χ0n) is 35.2. The number of halogens is 6. The maximum Gasteiger partial charge on any atom is 0.573 e. The number of benzene rings is 3. The fraction of sp³-hybridized carbons (Fsp3) is 0.273. The third kappa shape index (κ3) is 15.9. The minimum atomic E-state index is -4.84. The van der Waals surface area contributed by atoms with Gasteiger partial charge >= 0.3 is 24.7 Å². The van der Waals surface area contributed by atoms with Crippen molar-refractivity contribution in [3.05, 3.63) is 123 Å². The third-order valence-electron chi connectivity index (χ3n) is 8.76. The maximum absolute atomic E-state index is 13.0. The van der Waals surface area contributed by atoms with Crippen LogP contribution in [-0.4, -0.2) is 75.8 Å². The molecule has 0 aliphatic carbocycles. The molecule has 3 aromatic carbocycles. The number of alkyl halides is 6. The number of hydrogen-bond acceptors (Lipinski definition) is 12. The summed E-state index contributed by atoms with van der Waals surface area (Å²) in [7, 11) is 0. The Kier molecular flexibility index (Phi) is 18.3. The van der Waals surface area contributed by atoms with Gasteiger partial charge in [-0.25, -0.2) is 0 Å². The second-order valence-corrected chi connectivity index (χ2v) is 17.5. The van der Waals surface area contributed by atoms with Gasteiger partial charge < -0.3 is 35.6 Å². The van der Waals surface area contributed by atoms with Gasteiger partial charge in [0.25, 0.3) is 5.91 Å². The average Bonchev–Trinajstić information content (AvgIpc) is 3.85. The SMILES string of the molecule is CCc1cc(C(=O)c2ccc(OC(F)(F)F)cc2)c(NC(=O)C(SCC(=O)O)C(C)C)s1.CCc1cc(C(=O)c2ccc(OC(F)(F)F)cc2)c(NC(=O)c2ccc(NCC(=O)O)cc2)s1. The van der Waals surface area contributed by atoms with Crippen LogP contribution >= 0.6 is 34.4 Å². The van der Waals surface area contributed by atoms with E-state index in [0.717, 1.165) is 45.8 Å². The molecule has 0 aliphatic rings. The number of amides is 2. The van der Waals surface area contributed by atoms with E-state index in [0.29, 0.717) is 34.1 Å². The number of aryl methyl sites for hydroxylation is 2. The first-order valence-corrected chi connectivity index (χ1v) is 22.2. The highest BCUT2D eigenvalue weighted by Crippen LogP contribution is 2.34. The zero-order valence-corrected chi connectivity index (χ0v) is 37.7. The smallest absolute Gasteiger partial charge is 0.481 e. The van der Waals surface area contributed by atoms with Crippen LogP contribution < -0.4 is 25.4 Å². The summed E-state index contributed by atoms with van der Waals surface area (Å²) in [6.45, 7) is 7.09. The summed E-state index contributed by atoms with van der Waals surface area (Å²) in [6.07, 6.45) is -8.45. The van der Waals surface area contributed by atoms with Crippen LogP contribution in [-0.2, 0) is 27.2 Å². The van der Waals surface area contributed by atoms with Gasteiger partial charge in [0.1, 0.15) is 28.0 Å². The van der Waals surface area contributed by atoms with E-state index in [1.165, 1.54) is 59.1 Å². The number of aliphatic carboxylic acids is 2. The standard InChI is InChI=1S/C23H19F3N2O5S.C21H22F3NO5S2/c1-2-17-11-18(20(31)13-5-9-16(10-6-13)33-23(24,25)26)22(34-17)28-21(32)14-3-7-15(8-4-14)27-12-19(29)30;1-4-14-9-15(17(28)12-5-7-13(8-6-12)30-21(22,23)24)20(32-14)25-19(29)18(11(2)3)31-10-16(26)27/h3-11,27H,2,12H2,1H3,(H,28,32)(H,29,30);5-9,11,18H,4,10H2,1-3H3,(H,25,29)(H,26,27). The minimum absolute atomic E-state index is 0.135. The molecule has 0 radical (unpaired) electrons. The van der Waals surface area contributed by atoms with Crippen molar-refractivity contribution in [2.75, 3.05) is 28.2 Å². The van der Waals surface area contributed by atoms with Gasteiger partial charge in [0.2, 0.25) is 5.91 Å². The Morgan fingerprint density at radius 2 is 1.06 bits per heavy atom. The van der Waals surface area contributed by atoms with Crippen LogP contribution in [0.2, 0.25) is 0 Å². The number of carboxylic acids is 2. The highest BCUT2D eigenvalue weighted by Gasteiger charge is 2.32. The molecule has 5 N–H and O–H groups in total. The number of carbonyl (C=O) groups is 6. The topological polar surface area (TPSA) is 197 Å². The van der Waals surface area contributed by atoms with Crippen LogP contribution in [0.25, 0.3) is 0 Å². The molecule has 1 unspecified atom stereocenters. The molecule has 0 bridgehead atoms. The van der Waals surface area contributed by atoms with E-state index in [-0.39, 0.29) is 40.5 Å². The van der Waals surface area contributed by atoms with E-state index >= 15 is 0 Å². The number of thioether (sulfide) groups is 1. The summed E-state index contributed by atoms with van der Waals surface area (Å²) < 4.78 is 81.7. The molecule has 0 fully saturated rings. The van der Waals surface area contributed by atoms with Crippen LogP contribution in [0.5, 0.6) is 11.5 Å². The predicted molar refractivity (Wildman–Crippen MR) is 238 cm³/mol. The predicted octanol–water partition coefficient (Wildman–Crippen LogP) is 10.4. The Bertz CT molecular complexity index is 2510. The second kappa shape index (κ2) is 23.2. The van der Waals surface area contributed by atoms with Gasteiger partial charge in [-0.15, -0.1) is 60.8 Å². The Hall–Kier alpha value is -6.39. The maximum atomic E-state index is 13.0. The molecule has 66 heavy (non-hydrogen) atoms. The molecule has 13 nitrogen and oxygen atoms in total. The van der Waals surface area contributed by atoms with Gasteiger partial charge in [-0.05, 0) is 104 Å². The summed E-state index contributed by atoms with van der Waals surface area (Å²) in [5, 5.41) is 25.7. The van der Waals surface area contributed by atoms with Crippen LogP contribution in [0.4, 0.5) is 42.0 Å². The van der Waals surface area contributed by atoms with Crippen molar-refractivity contribution in [3.8, 4) is 11.5 Å². The number of rotatable bonds is 19. The van der Waals surface area contributed by atoms with E-state index in [1.807, 2.05) is 13.8 Å². The highest BCUT2D eigenvalue weighted by molar-refractivity contribution is 8.01. The van der Waals surface area contributed by atoms with E-state index in [9.17, 15) is 55.1 Å². The number of nitrogens with one attached hydrogen (secondary N) is 3. The molecule has 352 valence electrons. The van der Waals surface area contributed by atoms with E-state index in [2.05, 4.69) is 25.4 Å². The lowest BCUT2D eigenvalue weighted by Crippen LogP contribution is -2.30. The van der Waals surface area contributed by atoms with Crippen LogP contribution in [0.1, 0.15) is 79.7 Å². The lowest BCUT2D eigenvalue weighted by molar-refractivity contribution is -0.275. The van der Waals surface area contributed by atoms with Crippen LogP contribution in [0, 0.1) is 5.92 Å². The molecule has 22 heteroatoms. The van der Waals surface area contributed by atoms with E-state index in [1.54, 1.807) is 38.1 Å². The van der Waals surface area contributed by atoms with Crippen molar-refractivity contribution >= 4 is 85.4 Å². The van der Waals surface area contributed by atoms with Crippen molar-refractivity contribution in [2.24, 2.45) is 5.92 Å². The lowest BCUT2D eigenvalue weighted by atomic mass is 10.0. The fourth-order valence-electron chi connectivity index (χ4n) is 5.69. The van der Waals surface area contributed by atoms with Crippen LogP contribution in [0.15, 0.2) is 84.9 Å². The van der Waals surface area contributed by atoms with Crippen molar-refractivity contribution in [3.63, 3.8) is 0 Å². The van der Waals surface area contributed by atoms with E-state index in [4.69, 9.17) is 10.2 Å².